The average Bonchev–Trinajstić information content (AvgIpc) is 2.74. The molecule has 6 heteroatoms. The Balaban J connectivity index is 0.000000161. The number of hydrogen-bond acceptors (Lipinski definition) is 6. The Morgan fingerprint density at radius 2 is 1.11 bits per heavy atom. The molecule has 0 spiro atoms. The predicted octanol–water partition coefficient (Wildman–Crippen LogP) is 2.01. The van der Waals surface area contributed by atoms with E-state index in [1.165, 1.54) is 11.1 Å². The minimum absolute atomic E-state index is 0.417. The molecular weight excluding hydrogens is 348 g/mol. The van der Waals surface area contributed by atoms with Crippen LogP contribution in [0.25, 0.3) is 0 Å². The molecule has 2 aliphatic heterocycles. The van der Waals surface area contributed by atoms with E-state index < -0.39 is 0 Å². The monoisotopic (exact) mass is 382 g/mol. The molecule has 6 nitrogen and oxygen atoms in total. The van der Waals surface area contributed by atoms with Crippen LogP contribution in [0.15, 0.2) is 49.1 Å². The molecule has 2 aromatic heterocycles. The third-order valence-corrected chi connectivity index (χ3v) is 5.52. The average molecular weight is 383 g/mol. The van der Waals surface area contributed by atoms with Crippen molar-refractivity contribution in [2.75, 3.05) is 26.2 Å². The van der Waals surface area contributed by atoms with Crippen LogP contribution < -0.4 is 11.5 Å². The molecule has 0 amide bonds. The van der Waals surface area contributed by atoms with Crippen molar-refractivity contribution >= 4 is 0 Å². The van der Waals surface area contributed by atoms with Gasteiger partial charge in [0.15, 0.2) is 0 Å². The zero-order valence-corrected chi connectivity index (χ0v) is 16.8. The molecule has 2 fully saturated rings. The summed E-state index contributed by atoms with van der Waals surface area (Å²) in [5, 5.41) is 0. The molecule has 0 aliphatic carbocycles. The Hall–Kier alpha value is -1.86. The number of piperidine rings is 2. The van der Waals surface area contributed by atoms with Crippen LogP contribution in [-0.2, 0) is 13.1 Å². The van der Waals surface area contributed by atoms with Crippen LogP contribution in [0.4, 0.5) is 0 Å². The quantitative estimate of drug-likeness (QED) is 0.841. The normalized spacial score (nSPS) is 19.8. The lowest BCUT2D eigenvalue weighted by atomic mass is 10.1. The Kier molecular flexibility index (Phi) is 8.36. The largest absolute Gasteiger partial charge is 0.328 e. The fourth-order valence-corrected chi connectivity index (χ4v) is 3.72. The summed E-state index contributed by atoms with van der Waals surface area (Å²) in [5.74, 6) is 0. The van der Waals surface area contributed by atoms with Gasteiger partial charge in [-0.25, -0.2) is 0 Å². The van der Waals surface area contributed by atoms with Gasteiger partial charge in [-0.2, -0.15) is 0 Å². The van der Waals surface area contributed by atoms with Gasteiger partial charge in [-0.1, -0.05) is 12.1 Å². The Morgan fingerprint density at radius 1 is 0.714 bits per heavy atom. The Morgan fingerprint density at radius 3 is 1.43 bits per heavy atom. The zero-order chi connectivity index (χ0) is 19.6. The third kappa shape index (κ3) is 7.28. The van der Waals surface area contributed by atoms with Crippen molar-refractivity contribution in [2.24, 2.45) is 11.5 Å². The molecule has 0 bridgehead atoms. The van der Waals surface area contributed by atoms with Gasteiger partial charge in [0.25, 0.3) is 0 Å². The first-order valence-corrected chi connectivity index (χ1v) is 10.4. The molecule has 4 heterocycles. The molecule has 0 radical (unpaired) electrons. The minimum atomic E-state index is 0.417. The maximum atomic E-state index is 5.85. The highest BCUT2D eigenvalue weighted by molar-refractivity contribution is 5.09. The van der Waals surface area contributed by atoms with Gasteiger partial charge in [0.2, 0.25) is 0 Å². The molecule has 28 heavy (non-hydrogen) atoms. The van der Waals surface area contributed by atoms with Crippen LogP contribution in [0.3, 0.4) is 0 Å². The number of nitrogens with two attached hydrogens (primary N) is 2. The summed E-state index contributed by atoms with van der Waals surface area (Å²) in [6.07, 6.45) is 12.0. The summed E-state index contributed by atoms with van der Waals surface area (Å²) < 4.78 is 0. The molecule has 2 aromatic rings. The first kappa shape index (κ1) is 20.9. The molecule has 0 aromatic carbocycles. The number of nitrogens with zero attached hydrogens (tertiary/aromatic N) is 4. The van der Waals surface area contributed by atoms with Crippen LogP contribution in [0.5, 0.6) is 0 Å². The number of pyridine rings is 2. The lowest BCUT2D eigenvalue weighted by Gasteiger charge is -2.29. The van der Waals surface area contributed by atoms with E-state index >= 15 is 0 Å². The SMILES string of the molecule is NC1CCN(Cc2cccnc2)CC1.NC1CCN(Cc2cccnc2)CC1. The van der Waals surface area contributed by atoms with Crippen molar-refractivity contribution in [3.05, 3.63) is 60.2 Å². The highest BCUT2D eigenvalue weighted by Crippen LogP contribution is 2.12. The van der Waals surface area contributed by atoms with E-state index in [0.717, 1.165) is 65.0 Å². The predicted molar refractivity (Wildman–Crippen MR) is 113 cm³/mol. The number of rotatable bonds is 4. The summed E-state index contributed by atoms with van der Waals surface area (Å²) in [7, 11) is 0. The maximum absolute atomic E-state index is 5.85. The number of hydrogen-bond donors (Lipinski definition) is 2. The summed E-state index contributed by atoms with van der Waals surface area (Å²) in [5.41, 5.74) is 14.3. The first-order valence-electron chi connectivity index (χ1n) is 10.4. The van der Waals surface area contributed by atoms with Crippen LogP contribution >= 0.6 is 0 Å². The standard InChI is InChI=1S/2C11H17N3/c2*12-11-3-6-14(7-4-11)9-10-2-1-5-13-8-10/h2*1-2,5,8,11H,3-4,6-7,9,12H2. The fourth-order valence-electron chi connectivity index (χ4n) is 3.72. The summed E-state index contributed by atoms with van der Waals surface area (Å²) >= 11 is 0. The molecule has 2 saturated heterocycles. The van der Waals surface area contributed by atoms with Crippen molar-refractivity contribution in [3.8, 4) is 0 Å². The molecule has 0 unspecified atom stereocenters. The summed E-state index contributed by atoms with van der Waals surface area (Å²) in [4.78, 5) is 13.1. The summed E-state index contributed by atoms with van der Waals surface area (Å²) in [6.45, 7) is 6.51. The molecular formula is C22H34N6. The lowest BCUT2D eigenvalue weighted by molar-refractivity contribution is 0.205. The van der Waals surface area contributed by atoms with Gasteiger partial charge < -0.3 is 11.5 Å². The number of aromatic nitrogens is 2. The van der Waals surface area contributed by atoms with Crippen molar-refractivity contribution < 1.29 is 0 Å². The topological polar surface area (TPSA) is 84.3 Å². The van der Waals surface area contributed by atoms with Gasteiger partial charge in [-0.05, 0) is 75.1 Å². The van der Waals surface area contributed by atoms with Gasteiger partial charge >= 0.3 is 0 Å². The van der Waals surface area contributed by atoms with Crippen molar-refractivity contribution in [1.29, 1.82) is 0 Å². The van der Waals surface area contributed by atoms with E-state index in [-0.39, 0.29) is 0 Å². The van der Waals surface area contributed by atoms with E-state index in [1.54, 1.807) is 0 Å². The fraction of sp³-hybridized carbons (Fsp3) is 0.545. The van der Waals surface area contributed by atoms with Gasteiger partial charge in [0, 0.05) is 50.0 Å². The molecule has 4 rings (SSSR count). The van der Waals surface area contributed by atoms with Crippen molar-refractivity contribution in [3.63, 3.8) is 0 Å². The smallest absolute Gasteiger partial charge is 0.0312 e. The highest BCUT2D eigenvalue weighted by atomic mass is 15.1. The van der Waals surface area contributed by atoms with Crippen LogP contribution in [-0.4, -0.2) is 58.0 Å². The second kappa shape index (κ2) is 11.2. The van der Waals surface area contributed by atoms with Crippen molar-refractivity contribution in [2.45, 2.75) is 50.9 Å². The van der Waals surface area contributed by atoms with E-state index in [4.69, 9.17) is 11.5 Å². The van der Waals surface area contributed by atoms with Crippen LogP contribution in [0.1, 0.15) is 36.8 Å². The molecule has 152 valence electrons. The maximum Gasteiger partial charge on any atom is 0.0312 e. The minimum Gasteiger partial charge on any atom is -0.328 e. The van der Waals surface area contributed by atoms with E-state index in [2.05, 4.69) is 31.9 Å². The van der Waals surface area contributed by atoms with Gasteiger partial charge in [0.1, 0.15) is 0 Å². The number of likely N-dealkylation sites (tertiary alicyclic amines) is 2. The van der Waals surface area contributed by atoms with Gasteiger partial charge in [-0.15, -0.1) is 0 Å². The molecule has 0 atom stereocenters. The van der Waals surface area contributed by atoms with E-state index in [1.807, 2.05) is 36.9 Å². The molecule has 0 saturated carbocycles. The Bertz CT molecular complexity index is 590. The van der Waals surface area contributed by atoms with Crippen LogP contribution in [0.2, 0.25) is 0 Å². The third-order valence-electron chi connectivity index (χ3n) is 5.52. The van der Waals surface area contributed by atoms with Crippen LogP contribution in [0, 0.1) is 0 Å². The first-order chi connectivity index (χ1) is 13.7. The highest BCUT2D eigenvalue weighted by Gasteiger charge is 2.16. The Labute approximate surface area is 169 Å². The molecule has 2 aliphatic rings. The lowest BCUT2D eigenvalue weighted by Crippen LogP contribution is -2.39. The van der Waals surface area contributed by atoms with Crippen molar-refractivity contribution in [1.82, 2.24) is 19.8 Å². The van der Waals surface area contributed by atoms with Gasteiger partial charge in [0.05, 0.1) is 0 Å². The van der Waals surface area contributed by atoms with E-state index in [0.29, 0.717) is 12.1 Å². The zero-order valence-electron chi connectivity index (χ0n) is 16.8. The van der Waals surface area contributed by atoms with Gasteiger partial charge in [-0.3, -0.25) is 19.8 Å². The second-order valence-corrected chi connectivity index (χ2v) is 7.95. The molecule has 4 N–H and O–H groups in total. The van der Waals surface area contributed by atoms with E-state index in [9.17, 15) is 0 Å². The summed E-state index contributed by atoms with van der Waals surface area (Å²) in [6, 6.07) is 9.07. The second-order valence-electron chi connectivity index (χ2n) is 7.95.